The quantitative estimate of drug-likeness (QED) is 0.661. The third-order valence-electron chi connectivity index (χ3n) is 5.27. The van der Waals surface area contributed by atoms with E-state index in [0.717, 1.165) is 25.6 Å². The second-order valence-corrected chi connectivity index (χ2v) is 7.52. The van der Waals surface area contributed by atoms with Crippen LogP contribution < -0.4 is 5.32 Å². The normalized spacial score (nSPS) is 20.4. The highest BCUT2D eigenvalue weighted by Crippen LogP contribution is 2.19. The van der Waals surface area contributed by atoms with Crippen LogP contribution in [0.2, 0.25) is 0 Å². The van der Waals surface area contributed by atoms with Crippen LogP contribution in [-0.2, 0) is 6.54 Å². The van der Waals surface area contributed by atoms with Crippen LogP contribution in [0, 0.1) is 5.92 Å². The Hall–Kier alpha value is -0.900. The molecule has 1 heterocycles. The lowest BCUT2D eigenvalue weighted by molar-refractivity contribution is 0.150. The van der Waals surface area contributed by atoms with Crippen molar-refractivity contribution in [2.24, 2.45) is 5.92 Å². The number of hydrogen-bond donors (Lipinski definition) is 1. The molecule has 2 atom stereocenters. The summed E-state index contributed by atoms with van der Waals surface area (Å²) in [4.78, 5) is 5.07. The molecule has 1 fully saturated rings. The van der Waals surface area contributed by atoms with Crippen molar-refractivity contribution >= 4 is 0 Å². The lowest BCUT2D eigenvalue weighted by atomic mass is 9.91. The van der Waals surface area contributed by atoms with Gasteiger partial charge in [-0.2, -0.15) is 0 Å². The monoisotopic (exact) mass is 331 g/mol. The standard InChI is InChI=1S/C21H37N3/c1-4-14-24-16-8-12-21(18-24)19(2)22-13-9-15-23(3)17-20-10-6-5-7-11-20/h5-7,10-11,19,21-22H,4,8-9,12-18H2,1-3H3. The van der Waals surface area contributed by atoms with Crippen LogP contribution in [0.3, 0.4) is 0 Å². The van der Waals surface area contributed by atoms with Gasteiger partial charge in [0, 0.05) is 19.1 Å². The Balaban J connectivity index is 1.59. The Bertz CT molecular complexity index is 432. The van der Waals surface area contributed by atoms with Gasteiger partial charge in [-0.1, -0.05) is 37.3 Å². The molecular weight excluding hydrogens is 294 g/mol. The number of nitrogens with zero attached hydrogens (tertiary/aromatic N) is 2. The highest BCUT2D eigenvalue weighted by atomic mass is 15.1. The van der Waals surface area contributed by atoms with E-state index in [2.05, 4.69) is 66.3 Å². The van der Waals surface area contributed by atoms with Crippen molar-refractivity contribution < 1.29 is 0 Å². The summed E-state index contributed by atoms with van der Waals surface area (Å²) in [5.41, 5.74) is 1.40. The van der Waals surface area contributed by atoms with Gasteiger partial charge in [-0.25, -0.2) is 0 Å². The molecule has 0 spiro atoms. The minimum atomic E-state index is 0.643. The maximum atomic E-state index is 3.78. The van der Waals surface area contributed by atoms with E-state index in [1.165, 1.54) is 50.9 Å². The summed E-state index contributed by atoms with van der Waals surface area (Å²) < 4.78 is 0. The molecule has 3 nitrogen and oxygen atoms in total. The van der Waals surface area contributed by atoms with Gasteiger partial charge in [-0.05, 0) is 77.3 Å². The summed E-state index contributed by atoms with van der Waals surface area (Å²) >= 11 is 0. The molecule has 3 heteroatoms. The van der Waals surface area contributed by atoms with E-state index in [9.17, 15) is 0 Å². The largest absolute Gasteiger partial charge is 0.314 e. The van der Waals surface area contributed by atoms with Crippen LogP contribution in [0.25, 0.3) is 0 Å². The smallest absolute Gasteiger partial charge is 0.0230 e. The number of piperidine rings is 1. The molecular formula is C21H37N3. The van der Waals surface area contributed by atoms with Gasteiger partial charge in [0.2, 0.25) is 0 Å². The Morgan fingerprint density at radius 1 is 1.29 bits per heavy atom. The van der Waals surface area contributed by atoms with E-state index in [1.807, 2.05) is 0 Å². The molecule has 1 aromatic rings. The molecule has 2 unspecified atom stereocenters. The van der Waals surface area contributed by atoms with Gasteiger partial charge in [0.05, 0.1) is 0 Å². The molecule has 0 bridgehead atoms. The van der Waals surface area contributed by atoms with Crippen LogP contribution >= 0.6 is 0 Å². The Morgan fingerprint density at radius 2 is 2.08 bits per heavy atom. The fourth-order valence-electron chi connectivity index (χ4n) is 3.84. The molecule has 0 aromatic heterocycles. The molecule has 0 amide bonds. The molecule has 1 aliphatic heterocycles. The topological polar surface area (TPSA) is 18.5 Å². The number of benzene rings is 1. The van der Waals surface area contributed by atoms with Crippen molar-refractivity contribution in [3.8, 4) is 0 Å². The number of rotatable bonds is 10. The van der Waals surface area contributed by atoms with E-state index in [1.54, 1.807) is 0 Å². The number of nitrogens with one attached hydrogen (secondary N) is 1. The van der Waals surface area contributed by atoms with Crippen molar-refractivity contribution in [1.29, 1.82) is 0 Å². The third kappa shape index (κ3) is 6.92. The minimum Gasteiger partial charge on any atom is -0.314 e. The molecule has 2 rings (SSSR count). The van der Waals surface area contributed by atoms with Crippen molar-refractivity contribution in [2.45, 2.75) is 52.1 Å². The van der Waals surface area contributed by atoms with Gasteiger partial charge < -0.3 is 15.1 Å². The van der Waals surface area contributed by atoms with Gasteiger partial charge >= 0.3 is 0 Å². The zero-order valence-electron chi connectivity index (χ0n) is 16.0. The summed E-state index contributed by atoms with van der Waals surface area (Å²) in [6.45, 7) is 11.9. The Kier molecular flexibility index (Phi) is 8.79. The maximum Gasteiger partial charge on any atom is 0.0230 e. The van der Waals surface area contributed by atoms with Crippen LogP contribution in [0.4, 0.5) is 0 Å². The van der Waals surface area contributed by atoms with Crippen molar-refractivity contribution in [2.75, 3.05) is 39.8 Å². The first-order chi connectivity index (χ1) is 11.7. The lowest BCUT2D eigenvalue weighted by Crippen LogP contribution is -2.45. The molecule has 0 aliphatic carbocycles. The molecule has 1 aliphatic rings. The van der Waals surface area contributed by atoms with E-state index in [0.29, 0.717) is 6.04 Å². The van der Waals surface area contributed by atoms with E-state index < -0.39 is 0 Å². The lowest BCUT2D eigenvalue weighted by Gasteiger charge is -2.36. The predicted molar refractivity (Wildman–Crippen MR) is 104 cm³/mol. The van der Waals surface area contributed by atoms with E-state index in [-0.39, 0.29) is 0 Å². The minimum absolute atomic E-state index is 0.643. The predicted octanol–water partition coefficient (Wildman–Crippen LogP) is 3.61. The number of hydrogen-bond acceptors (Lipinski definition) is 3. The van der Waals surface area contributed by atoms with Crippen LogP contribution in [0.15, 0.2) is 30.3 Å². The second kappa shape index (κ2) is 10.9. The van der Waals surface area contributed by atoms with Crippen molar-refractivity contribution in [3.63, 3.8) is 0 Å². The maximum absolute atomic E-state index is 3.78. The van der Waals surface area contributed by atoms with Gasteiger partial charge in [-0.3, -0.25) is 0 Å². The third-order valence-corrected chi connectivity index (χ3v) is 5.27. The molecule has 1 N–H and O–H groups in total. The molecule has 1 saturated heterocycles. The fourth-order valence-corrected chi connectivity index (χ4v) is 3.84. The van der Waals surface area contributed by atoms with Gasteiger partial charge in [0.1, 0.15) is 0 Å². The Labute approximate surface area is 149 Å². The van der Waals surface area contributed by atoms with E-state index >= 15 is 0 Å². The van der Waals surface area contributed by atoms with Crippen molar-refractivity contribution in [3.05, 3.63) is 35.9 Å². The first-order valence-electron chi connectivity index (χ1n) is 9.87. The molecule has 0 radical (unpaired) electrons. The molecule has 1 aromatic carbocycles. The van der Waals surface area contributed by atoms with Gasteiger partial charge in [0.15, 0.2) is 0 Å². The molecule has 136 valence electrons. The summed E-state index contributed by atoms with van der Waals surface area (Å²) in [5, 5.41) is 3.78. The summed E-state index contributed by atoms with van der Waals surface area (Å²) in [7, 11) is 2.22. The zero-order valence-corrected chi connectivity index (χ0v) is 16.0. The molecule has 0 saturated carbocycles. The highest BCUT2D eigenvalue weighted by molar-refractivity contribution is 5.14. The van der Waals surface area contributed by atoms with Crippen LogP contribution in [0.1, 0.15) is 45.1 Å². The summed E-state index contributed by atoms with van der Waals surface area (Å²) in [6.07, 6.45) is 5.26. The SMILES string of the molecule is CCCN1CCCC(C(C)NCCCN(C)Cc2ccccc2)C1. The van der Waals surface area contributed by atoms with Crippen LogP contribution in [0.5, 0.6) is 0 Å². The molecule has 24 heavy (non-hydrogen) atoms. The van der Waals surface area contributed by atoms with Crippen molar-refractivity contribution in [1.82, 2.24) is 15.1 Å². The second-order valence-electron chi connectivity index (χ2n) is 7.52. The zero-order chi connectivity index (χ0) is 17.2. The average Bonchev–Trinajstić information content (AvgIpc) is 2.60. The van der Waals surface area contributed by atoms with Gasteiger partial charge in [0.25, 0.3) is 0 Å². The Morgan fingerprint density at radius 3 is 2.83 bits per heavy atom. The highest BCUT2D eigenvalue weighted by Gasteiger charge is 2.23. The van der Waals surface area contributed by atoms with Crippen LogP contribution in [-0.4, -0.2) is 55.6 Å². The summed E-state index contributed by atoms with van der Waals surface area (Å²) in [6, 6.07) is 11.4. The average molecular weight is 332 g/mol. The first-order valence-corrected chi connectivity index (χ1v) is 9.87. The first kappa shape index (κ1) is 19.4. The fraction of sp³-hybridized carbons (Fsp3) is 0.714. The number of likely N-dealkylation sites (tertiary alicyclic amines) is 1. The van der Waals surface area contributed by atoms with Gasteiger partial charge in [-0.15, -0.1) is 0 Å². The summed E-state index contributed by atoms with van der Waals surface area (Å²) in [5.74, 6) is 0.826. The van der Waals surface area contributed by atoms with E-state index in [4.69, 9.17) is 0 Å².